The summed E-state index contributed by atoms with van der Waals surface area (Å²) in [6, 6.07) is -1.47. The molecule has 0 radical (unpaired) electrons. The van der Waals surface area contributed by atoms with Crippen molar-refractivity contribution >= 4 is 19.8 Å². The van der Waals surface area contributed by atoms with Crippen molar-refractivity contribution in [2.75, 3.05) is 26.4 Å². The summed E-state index contributed by atoms with van der Waals surface area (Å²) in [5.74, 6) is -1.77. The normalized spacial score (nSPS) is 14.1. The van der Waals surface area contributed by atoms with Crippen LogP contribution in [0, 0.1) is 0 Å². The van der Waals surface area contributed by atoms with E-state index in [1.165, 1.54) is 128 Å². The molecule has 0 aliphatic rings. The average Bonchev–Trinajstić information content (AvgIpc) is 3.06. The van der Waals surface area contributed by atoms with Crippen LogP contribution in [0.15, 0.2) is 0 Å². The fourth-order valence-corrected chi connectivity index (χ4v) is 6.32. The minimum absolute atomic E-state index is 0.0246. The lowest BCUT2D eigenvalue weighted by Crippen LogP contribution is -2.34. The van der Waals surface area contributed by atoms with Crippen LogP contribution in [-0.4, -0.2) is 60.5 Å². The molecule has 4 N–H and O–H groups in total. The number of ether oxygens (including phenoxy) is 2. The Balaban J connectivity index is 4.22. The molecule has 0 heterocycles. The van der Waals surface area contributed by atoms with E-state index in [4.69, 9.17) is 29.4 Å². The zero-order valence-corrected chi connectivity index (χ0v) is 31.7. The van der Waals surface area contributed by atoms with E-state index < -0.39 is 45.1 Å². The number of carboxylic acids is 1. The highest BCUT2D eigenvalue weighted by Crippen LogP contribution is 2.43. The van der Waals surface area contributed by atoms with Gasteiger partial charge in [-0.15, -0.1) is 0 Å². The molecule has 0 amide bonds. The van der Waals surface area contributed by atoms with Crippen LogP contribution in [-0.2, 0) is 32.7 Å². The summed E-state index contributed by atoms with van der Waals surface area (Å²) in [7, 11) is -4.60. The van der Waals surface area contributed by atoms with Gasteiger partial charge in [0, 0.05) is 13.0 Å². The number of esters is 1. The van der Waals surface area contributed by atoms with Crippen molar-refractivity contribution in [1.29, 1.82) is 0 Å². The first kappa shape index (κ1) is 47.0. The Hall–Kier alpha value is -1.03. The molecule has 0 saturated heterocycles. The van der Waals surface area contributed by atoms with Crippen molar-refractivity contribution in [3.8, 4) is 0 Å². The van der Waals surface area contributed by atoms with Gasteiger partial charge in [-0.2, -0.15) is 0 Å². The molecule has 10 nitrogen and oxygen atoms in total. The van der Waals surface area contributed by atoms with Gasteiger partial charge in [0.1, 0.15) is 12.1 Å². The minimum Gasteiger partial charge on any atom is -0.480 e. The second-order valence-electron chi connectivity index (χ2n) is 13.4. The number of phosphoric ester groups is 1. The van der Waals surface area contributed by atoms with E-state index in [-0.39, 0.29) is 13.0 Å². The number of carbonyl (C=O) groups is 2. The highest BCUT2D eigenvalue weighted by molar-refractivity contribution is 7.47. The first-order valence-corrected chi connectivity index (χ1v) is 21.1. The van der Waals surface area contributed by atoms with Crippen LogP contribution >= 0.6 is 7.82 Å². The van der Waals surface area contributed by atoms with E-state index in [0.29, 0.717) is 6.61 Å². The molecule has 0 aromatic heterocycles. The minimum atomic E-state index is -4.60. The van der Waals surface area contributed by atoms with Crippen molar-refractivity contribution < 1.29 is 42.7 Å². The number of unbranched alkanes of at least 4 members (excludes halogenated alkanes) is 24. The van der Waals surface area contributed by atoms with Gasteiger partial charge in [0.2, 0.25) is 0 Å². The molecular weight excluding hydrogens is 633 g/mol. The Labute approximate surface area is 293 Å². The smallest absolute Gasteiger partial charge is 0.472 e. The third-order valence-corrected chi connectivity index (χ3v) is 9.59. The Morgan fingerprint density at radius 1 is 0.583 bits per heavy atom. The molecule has 3 atom stereocenters. The molecule has 0 spiro atoms. The zero-order chi connectivity index (χ0) is 35.6. The number of hydrogen-bond acceptors (Lipinski definition) is 8. The zero-order valence-electron chi connectivity index (χ0n) is 30.9. The Morgan fingerprint density at radius 2 is 0.958 bits per heavy atom. The maximum Gasteiger partial charge on any atom is 0.472 e. The molecule has 0 bridgehead atoms. The van der Waals surface area contributed by atoms with E-state index >= 15 is 0 Å². The quantitative estimate of drug-likeness (QED) is 0.0321. The van der Waals surface area contributed by atoms with Crippen LogP contribution in [0.25, 0.3) is 0 Å². The van der Waals surface area contributed by atoms with E-state index in [0.717, 1.165) is 38.5 Å². The molecule has 48 heavy (non-hydrogen) atoms. The fraction of sp³-hybridized carbons (Fsp3) is 0.946. The van der Waals surface area contributed by atoms with Crippen molar-refractivity contribution in [2.24, 2.45) is 5.73 Å². The summed E-state index contributed by atoms with van der Waals surface area (Å²) < 4.78 is 33.2. The van der Waals surface area contributed by atoms with Gasteiger partial charge in [-0.05, 0) is 12.8 Å². The van der Waals surface area contributed by atoms with E-state index in [2.05, 4.69) is 13.8 Å². The van der Waals surface area contributed by atoms with Crippen LogP contribution in [0.1, 0.15) is 187 Å². The number of nitrogens with two attached hydrogens (primary N) is 1. The Morgan fingerprint density at radius 3 is 1.38 bits per heavy atom. The number of carboxylic acid groups (broad SMARTS) is 1. The standard InChI is InChI=1S/C37H74NO9P/c1-3-5-7-9-11-13-15-16-17-18-19-20-21-23-25-27-29-36(39)47-34(32-45-48(42,43)46-33-35(38)37(40)41)31-44-30-28-26-24-22-14-12-10-8-6-4-2/h34-35H,3-33,38H2,1-2H3,(H,40,41)(H,42,43). The molecule has 286 valence electrons. The molecule has 0 aromatic rings. The van der Waals surface area contributed by atoms with Gasteiger partial charge in [-0.25, -0.2) is 4.57 Å². The number of phosphoric acid groups is 1. The van der Waals surface area contributed by atoms with Crippen LogP contribution < -0.4 is 5.73 Å². The highest BCUT2D eigenvalue weighted by atomic mass is 31.2. The third kappa shape index (κ3) is 33.5. The number of aliphatic carboxylic acids is 1. The Kier molecular flexibility index (Phi) is 33.7. The third-order valence-electron chi connectivity index (χ3n) is 8.64. The monoisotopic (exact) mass is 708 g/mol. The fourth-order valence-electron chi connectivity index (χ4n) is 5.55. The second-order valence-corrected chi connectivity index (χ2v) is 14.9. The molecule has 0 fully saturated rings. The summed E-state index contributed by atoms with van der Waals surface area (Å²) in [4.78, 5) is 33.4. The molecule has 0 aromatic carbocycles. The van der Waals surface area contributed by atoms with Crippen molar-refractivity contribution in [3.63, 3.8) is 0 Å². The highest BCUT2D eigenvalue weighted by Gasteiger charge is 2.27. The summed E-state index contributed by atoms with van der Waals surface area (Å²) in [5, 5.41) is 8.86. The van der Waals surface area contributed by atoms with Crippen LogP contribution in [0.5, 0.6) is 0 Å². The van der Waals surface area contributed by atoms with Crippen molar-refractivity contribution in [1.82, 2.24) is 0 Å². The lowest BCUT2D eigenvalue weighted by atomic mass is 10.0. The van der Waals surface area contributed by atoms with Crippen LogP contribution in [0.2, 0.25) is 0 Å². The number of hydrogen-bond donors (Lipinski definition) is 3. The molecule has 0 aliphatic heterocycles. The largest absolute Gasteiger partial charge is 0.480 e. The molecule has 11 heteroatoms. The topological polar surface area (TPSA) is 155 Å². The SMILES string of the molecule is CCCCCCCCCCCCCCCCCCC(=O)OC(COCCCCCCCCCCCC)COP(=O)(O)OCC(N)C(=O)O. The Bertz CT molecular complexity index is 786. The predicted octanol–water partition coefficient (Wildman–Crippen LogP) is 10.0. The van der Waals surface area contributed by atoms with Crippen LogP contribution in [0.3, 0.4) is 0 Å². The number of rotatable bonds is 38. The first-order chi connectivity index (χ1) is 23.2. The van der Waals surface area contributed by atoms with Crippen molar-refractivity contribution in [3.05, 3.63) is 0 Å². The van der Waals surface area contributed by atoms with Crippen molar-refractivity contribution in [2.45, 2.75) is 199 Å². The molecule has 0 rings (SSSR count). The van der Waals surface area contributed by atoms with Gasteiger partial charge in [-0.3, -0.25) is 18.6 Å². The van der Waals surface area contributed by atoms with Gasteiger partial charge in [0.25, 0.3) is 0 Å². The second kappa shape index (κ2) is 34.4. The summed E-state index contributed by atoms with van der Waals surface area (Å²) in [5.41, 5.74) is 5.33. The average molecular weight is 708 g/mol. The maximum atomic E-state index is 12.6. The predicted molar refractivity (Wildman–Crippen MR) is 194 cm³/mol. The van der Waals surface area contributed by atoms with E-state index in [1.54, 1.807) is 0 Å². The van der Waals surface area contributed by atoms with Gasteiger partial charge in [0.05, 0.1) is 19.8 Å². The lowest BCUT2D eigenvalue weighted by Gasteiger charge is -2.20. The lowest BCUT2D eigenvalue weighted by molar-refractivity contribution is -0.154. The maximum absolute atomic E-state index is 12.6. The van der Waals surface area contributed by atoms with Gasteiger partial charge in [-0.1, -0.05) is 168 Å². The van der Waals surface area contributed by atoms with Gasteiger partial charge < -0.3 is 25.2 Å². The van der Waals surface area contributed by atoms with Gasteiger partial charge >= 0.3 is 19.8 Å². The van der Waals surface area contributed by atoms with Gasteiger partial charge in [0.15, 0.2) is 0 Å². The van der Waals surface area contributed by atoms with Crippen LogP contribution in [0.4, 0.5) is 0 Å². The molecule has 0 aliphatic carbocycles. The van der Waals surface area contributed by atoms with E-state index in [1.807, 2.05) is 0 Å². The molecule has 3 unspecified atom stereocenters. The molecular formula is C37H74NO9P. The first-order valence-electron chi connectivity index (χ1n) is 19.6. The summed E-state index contributed by atoms with van der Waals surface area (Å²) >= 11 is 0. The van der Waals surface area contributed by atoms with E-state index in [9.17, 15) is 19.0 Å². The summed E-state index contributed by atoms with van der Waals surface area (Å²) in [6.45, 7) is 3.89. The number of carbonyl (C=O) groups excluding carboxylic acids is 1. The molecule has 0 saturated carbocycles. The summed E-state index contributed by atoms with van der Waals surface area (Å²) in [6.07, 6.45) is 31.5.